The van der Waals surface area contributed by atoms with Gasteiger partial charge in [0.25, 0.3) is 5.91 Å². The van der Waals surface area contributed by atoms with E-state index in [2.05, 4.69) is 11.2 Å². The molecule has 0 aliphatic carbocycles. The van der Waals surface area contributed by atoms with Crippen molar-refractivity contribution in [3.05, 3.63) is 65.0 Å². The number of benzene rings is 2. The number of primary amides is 1. The van der Waals surface area contributed by atoms with Crippen LogP contribution in [0.3, 0.4) is 0 Å². The van der Waals surface area contributed by atoms with E-state index in [9.17, 15) is 18.5 Å². The Balaban J connectivity index is 1.84. The number of hydrogen-bond donors (Lipinski definition) is 2. The van der Waals surface area contributed by atoms with Gasteiger partial charge in [-0.05, 0) is 56.2 Å². The molecule has 4 N–H and O–H groups in total. The van der Waals surface area contributed by atoms with E-state index in [4.69, 9.17) is 15.9 Å². The molecule has 2 aromatic carbocycles. The Morgan fingerprint density at radius 3 is 2.47 bits per heavy atom. The summed E-state index contributed by atoms with van der Waals surface area (Å²) in [5.41, 5.74) is 9.90. The van der Waals surface area contributed by atoms with Gasteiger partial charge in [-0.2, -0.15) is 10.4 Å². The van der Waals surface area contributed by atoms with Gasteiger partial charge in [0.1, 0.15) is 11.5 Å². The van der Waals surface area contributed by atoms with Crippen molar-refractivity contribution in [2.45, 2.75) is 38.3 Å². The minimum Gasteiger partial charge on any atom is -0.364 e. The van der Waals surface area contributed by atoms with E-state index in [0.717, 1.165) is 11.1 Å². The number of amides is 1. The number of fused-ring (bicyclic) bond motifs is 1. The molecule has 0 atom stereocenters. The second kappa shape index (κ2) is 8.74. The molecule has 1 amide bonds. The van der Waals surface area contributed by atoms with Crippen LogP contribution in [-0.4, -0.2) is 33.7 Å². The molecular formula is C23H23N7O3S. The van der Waals surface area contributed by atoms with Gasteiger partial charge >= 0.3 is 0 Å². The van der Waals surface area contributed by atoms with Crippen molar-refractivity contribution in [3.63, 3.8) is 0 Å². The highest BCUT2D eigenvalue weighted by Gasteiger charge is 2.25. The van der Waals surface area contributed by atoms with Crippen molar-refractivity contribution in [2.24, 2.45) is 10.9 Å². The zero-order valence-electron chi connectivity index (χ0n) is 18.7. The summed E-state index contributed by atoms with van der Waals surface area (Å²) in [6.07, 6.45) is 0.552. The largest absolute Gasteiger partial charge is 0.364 e. The topological polar surface area (TPSA) is 163 Å². The van der Waals surface area contributed by atoms with E-state index in [1.807, 2.05) is 17.6 Å². The standard InChI is InChI=1S/C23H23N7O3S/c1-3-30-21(22(25)31)20(14(2)28-30)23-27-18-12-16(13-24)6-9-19(18)29(23)11-10-15-4-7-17(8-5-15)34(26,32)33/h4-9,12H,3,10-11H2,1-2H3,(H2,25,31)(H2,26,32,33). The summed E-state index contributed by atoms with van der Waals surface area (Å²) < 4.78 is 26.6. The van der Waals surface area contributed by atoms with Gasteiger partial charge in [-0.15, -0.1) is 0 Å². The number of carbonyl (C=O) groups excluding carboxylic acids is 1. The fourth-order valence-corrected chi connectivity index (χ4v) is 4.55. The van der Waals surface area contributed by atoms with Gasteiger partial charge in [-0.25, -0.2) is 18.5 Å². The molecule has 0 saturated heterocycles. The average Bonchev–Trinajstić information content (AvgIpc) is 3.33. The lowest BCUT2D eigenvalue weighted by atomic mass is 10.1. The summed E-state index contributed by atoms with van der Waals surface area (Å²) in [4.78, 5) is 17.1. The molecule has 10 nitrogen and oxygen atoms in total. The molecule has 0 radical (unpaired) electrons. The predicted octanol–water partition coefficient (Wildman–Crippen LogP) is 2.09. The lowest BCUT2D eigenvalue weighted by molar-refractivity contribution is 0.0990. The second-order valence-corrected chi connectivity index (χ2v) is 9.39. The Hall–Kier alpha value is -4.01. The van der Waals surface area contributed by atoms with Gasteiger partial charge in [-0.3, -0.25) is 9.48 Å². The zero-order chi connectivity index (χ0) is 24.6. The van der Waals surface area contributed by atoms with Crippen LogP contribution in [0.25, 0.3) is 22.4 Å². The molecule has 34 heavy (non-hydrogen) atoms. The van der Waals surface area contributed by atoms with Crippen LogP contribution < -0.4 is 10.9 Å². The summed E-state index contributed by atoms with van der Waals surface area (Å²) in [5.74, 6) is -0.0791. The van der Waals surface area contributed by atoms with Gasteiger partial charge < -0.3 is 10.3 Å². The molecule has 0 unspecified atom stereocenters. The average molecular weight is 478 g/mol. The van der Waals surface area contributed by atoms with Crippen molar-refractivity contribution < 1.29 is 13.2 Å². The second-order valence-electron chi connectivity index (χ2n) is 7.83. The molecule has 0 saturated carbocycles. The molecule has 4 aromatic rings. The zero-order valence-corrected chi connectivity index (χ0v) is 19.5. The van der Waals surface area contributed by atoms with E-state index in [1.165, 1.54) is 12.1 Å². The van der Waals surface area contributed by atoms with Gasteiger partial charge in [0, 0.05) is 13.1 Å². The number of carbonyl (C=O) groups is 1. The van der Waals surface area contributed by atoms with Crippen molar-refractivity contribution in [1.29, 1.82) is 5.26 Å². The van der Waals surface area contributed by atoms with Gasteiger partial charge in [0.2, 0.25) is 10.0 Å². The van der Waals surface area contributed by atoms with E-state index < -0.39 is 15.9 Å². The first-order valence-corrected chi connectivity index (χ1v) is 12.1. The number of primary sulfonamides is 1. The number of nitrogens with zero attached hydrogens (tertiary/aromatic N) is 5. The highest BCUT2D eigenvalue weighted by Crippen LogP contribution is 2.31. The molecule has 11 heteroatoms. The number of sulfonamides is 1. The van der Waals surface area contributed by atoms with Crippen LogP contribution in [0.1, 0.15) is 34.2 Å². The minimum atomic E-state index is -3.77. The summed E-state index contributed by atoms with van der Waals surface area (Å²) in [5, 5.41) is 19.0. The lowest BCUT2D eigenvalue weighted by Crippen LogP contribution is -2.19. The van der Waals surface area contributed by atoms with Gasteiger partial charge in [0.05, 0.1) is 38.8 Å². The third kappa shape index (κ3) is 4.16. The highest BCUT2D eigenvalue weighted by molar-refractivity contribution is 7.89. The number of imidazole rings is 1. The van der Waals surface area contributed by atoms with Crippen LogP contribution in [0.4, 0.5) is 0 Å². The summed E-state index contributed by atoms with van der Waals surface area (Å²) in [6, 6.07) is 13.7. The number of hydrogen-bond acceptors (Lipinski definition) is 6. The van der Waals surface area contributed by atoms with E-state index in [-0.39, 0.29) is 10.6 Å². The molecule has 0 aliphatic heterocycles. The van der Waals surface area contributed by atoms with Crippen LogP contribution in [0.15, 0.2) is 47.4 Å². The number of aryl methyl sites for hydroxylation is 4. The Kier molecular flexibility index (Phi) is 5.95. The molecule has 2 heterocycles. The van der Waals surface area contributed by atoms with E-state index in [0.29, 0.717) is 47.7 Å². The highest BCUT2D eigenvalue weighted by atomic mass is 32.2. The van der Waals surface area contributed by atoms with Gasteiger partial charge in [0.15, 0.2) is 0 Å². The van der Waals surface area contributed by atoms with Crippen molar-refractivity contribution >= 4 is 27.0 Å². The smallest absolute Gasteiger partial charge is 0.267 e. The maximum Gasteiger partial charge on any atom is 0.267 e. The first-order valence-electron chi connectivity index (χ1n) is 10.5. The Labute approximate surface area is 196 Å². The lowest BCUT2D eigenvalue weighted by Gasteiger charge is -2.11. The number of nitriles is 1. The predicted molar refractivity (Wildman–Crippen MR) is 126 cm³/mol. The van der Waals surface area contributed by atoms with Crippen molar-refractivity contribution in [3.8, 4) is 17.5 Å². The number of nitrogens with two attached hydrogens (primary N) is 2. The number of rotatable bonds is 7. The summed E-state index contributed by atoms with van der Waals surface area (Å²) in [6.45, 7) is 4.61. The van der Waals surface area contributed by atoms with Crippen LogP contribution >= 0.6 is 0 Å². The molecule has 0 bridgehead atoms. The van der Waals surface area contributed by atoms with Crippen LogP contribution in [-0.2, 0) is 29.5 Å². The Morgan fingerprint density at radius 2 is 1.88 bits per heavy atom. The molecule has 0 fully saturated rings. The van der Waals surface area contributed by atoms with Gasteiger partial charge in [-0.1, -0.05) is 12.1 Å². The maximum absolute atomic E-state index is 12.3. The van der Waals surface area contributed by atoms with Crippen LogP contribution in [0, 0.1) is 18.3 Å². The molecule has 174 valence electrons. The monoisotopic (exact) mass is 477 g/mol. The third-order valence-corrected chi connectivity index (χ3v) is 6.57. The molecular weight excluding hydrogens is 454 g/mol. The minimum absolute atomic E-state index is 0.0442. The molecule has 2 aromatic heterocycles. The summed E-state index contributed by atoms with van der Waals surface area (Å²) in [7, 11) is -3.77. The first-order chi connectivity index (χ1) is 16.1. The fraction of sp³-hybridized carbons (Fsp3) is 0.217. The maximum atomic E-state index is 12.3. The molecule has 0 aliphatic rings. The Bertz CT molecular complexity index is 1560. The van der Waals surface area contributed by atoms with Crippen molar-refractivity contribution in [1.82, 2.24) is 19.3 Å². The number of aromatic nitrogens is 4. The van der Waals surface area contributed by atoms with Crippen molar-refractivity contribution in [2.75, 3.05) is 0 Å². The Morgan fingerprint density at radius 1 is 1.18 bits per heavy atom. The molecule has 0 spiro atoms. The normalized spacial score (nSPS) is 11.6. The summed E-state index contributed by atoms with van der Waals surface area (Å²) >= 11 is 0. The SMILES string of the molecule is CCn1nc(C)c(-c2nc3cc(C#N)ccc3n2CCc2ccc(S(N)(=O)=O)cc2)c1C(N)=O. The van der Waals surface area contributed by atoms with E-state index >= 15 is 0 Å². The van der Waals surface area contributed by atoms with Crippen LogP contribution in [0.5, 0.6) is 0 Å². The quantitative estimate of drug-likeness (QED) is 0.414. The van der Waals surface area contributed by atoms with E-state index in [1.54, 1.807) is 35.9 Å². The third-order valence-electron chi connectivity index (χ3n) is 5.64. The fourth-order valence-electron chi connectivity index (χ4n) is 4.03. The first kappa shape index (κ1) is 23.2. The van der Waals surface area contributed by atoms with Crippen LogP contribution in [0.2, 0.25) is 0 Å². The molecule has 4 rings (SSSR count).